The quantitative estimate of drug-likeness (QED) is 0.372. The van der Waals surface area contributed by atoms with Crippen molar-refractivity contribution in [3.8, 4) is 5.75 Å². The molecule has 0 heterocycles. The molecule has 0 aromatic heterocycles. The lowest BCUT2D eigenvalue weighted by Crippen LogP contribution is -2.74. The molecule has 0 bridgehead atoms. The topological polar surface area (TPSA) is 129 Å². The maximum Gasteiger partial charge on any atom is 0.206 e. The van der Waals surface area contributed by atoms with Gasteiger partial charge in [-0.2, -0.15) is 0 Å². The molecule has 7 heteroatoms. The van der Waals surface area contributed by atoms with Gasteiger partial charge in [0, 0.05) is 29.2 Å². The van der Waals surface area contributed by atoms with E-state index < -0.39 is 57.3 Å². The number of aliphatic hydroxyl groups is 2. The van der Waals surface area contributed by atoms with E-state index in [-0.39, 0.29) is 47.0 Å². The fourth-order valence-corrected chi connectivity index (χ4v) is 8.41. The maximum atomic E-state index is 14.6. The van der Waals surface area contributed by atoms with E-state index in [1.54, 1.807) is 32.9 Å². The van der Waals surface area contributed by atoms with Crippen LogP contribution in [0.3, 0.4) is 0 Å². The number of benzene rings is 1. The highest BCUT2D eigenvalue weighted by molar-refractivity contribution is 6.33. The number of carbonyl (C=O) groups is 4. The summed E-state index contributed by atoms with van der Waals surface area (Å²) < 4.78 is 0. The van der Waals surface area contributed by atoms with Crippen LogP contribution in [-0.4, -0.2) is 44.1 Å². The lowest BCUT2D eigenvalue weighted by Gasteiger charge is -2.66. The molecule has 3 aliphatic rings. The van der Waals surface area contributed by atoms with Crippen LogP contribution in [0.1, 0.15) is 85.3 Å². The van der Waals surface area contributed by atoms with Crippen molar-refractivity contribution in [2.24, 2.45) is 28.6 Å². The largest absolute Gasteiger partial charge is 0.507 e. The summed E-state index contributed by atoms with van der Waals surface area (Å²) in [6.07, 6.45) is 0.188. The number of aromatic hydroxyl groups is 1. The van der Waals surface area contributed by atoms with E-state index in [1.807, 2.05) is 27.7 Å². The third kappa shape index (κ3) is 3.11. The van der Waals surface area contributed by atoms with Crippen molar-refractivity contribution in [1.29, 1.82) is 0 Å². The van der Waals surface area contributed by atoms with Crippen molar-refractivity contribution in [3.05, 3.63) is 46.0 Å². The van der Waals surface area contributed by atoms with Crippen molar-refractivity contribution in [1.82, 2.24) is 0 Å². The molecule has 1 fully saturated rings. The molecule has 0 spiro atoms. The fourth-order valence-electron chi connectivity index (χ4n) is 8.41. The molecule has 1 aromatic carbocycles. The summed E-state index contributed by atoms with van der Waals surface area (Å²) in [6, 6.07) is 4.83. The molecule has 0 saturated heterocycles. The van der Waals surface area contributed by atoms with Crippen LogP contribution < -0.4 is 0 Å². The Balaban J connectivity index is 2.22. The third-order valence-electron chi connectivity index (χ3n) is 10.1. The molecule has 4 rings (SSSR count). The highest BCUT2D eigenvalue weighted by atomic mass is 16.3. The van der Waals surface area contributed by atoms with Gasteiger partial charge in [0.25, 0.3) is 0 Å². The first-order chi connectivity index (χ1) is 17.5. The summed E-state index contributed by atoms with van der Waals surface area (Å²) >= 11 is 0. The zero-order valence-corrected chi connectivity index (χ0v) is 23.4. The van der Waals surface area contributed by atoms with E-state index in [1.165, 1.54) is 13.0 Å². The molecule has 1 aromatic rings. The van der Waals surface area contributed by atoms with Gasteiger partial charge in [-0.15, -0.1) is 0 Å². The van der Waals surface area contributed by atoms with E-state index in [4.69, 9.17) is 0 Å². The van der Waals surface area contributed by atoms with Crippen LogP contribution >= 0.6 is 0 Å². The zero-order valence-electron chi connectivity index (χ0n) is 23.4. The maximum absolute atomic E-state index is 14.6. The molecule has 6 atom stereocenters. The second-order valence-electron chi connectivity index (χ2n) is 12.1. The Morgan fingerprint density at radius 3 is 2.21 bits per heavy atom. The van der Waals surface area contributed by atoms with E-state index in [9.17, 15) is 34.5 Å². The second kappa shape index (κ2) is 8.73. The Morgan fingerprint density at radius 2 is 1.68 bits per heavy atom. The van der Waals surface area contributed by atoms with Gasteiger partial charge in [-0.3, -0.25) is 19.2 Å². The van der Waals surface area contributed by atoms with Crippen molar-refractivity contribution < 1.29 is 34.5 Å². The molecule has 0 aliphatic heterocycles. The SMILES string of the molecule is CCC(=O)C[C@H]1[C@@]2(C)C(=C(O)c3c(O)cccc3[C@@H]2C)C(=O)[C@]2(O)C(=O)C(C(C)=O)=C(C)[C@@H](C(C)C)[C@]12C. The molecular formula is C31H38O7. The van der Waals surface area contributed by atoms with E-state index >= 15 is 0 Å². The first-order valence-electron chi connectivity index (χ1n) is 13.4. The molecule has 0 radical (unpaired) electrons. The third-order valence-corrected chi connectivity index (χ3v) is 10.1. The van der Waals surface area contributed by atoms with Gasteiger partial charge in [-0.25, -0.2) is 0 Å². The molecule has 0 amide bonds. The lowest BCUT2D eigenvalue weighted by molar-refractivity contribution is -0.198. The summed E-state index contributed by atoms with van der Waals surface area (Å²) in [5.41, 5.74) is -4.50. The molecule has 0 unspecified atom stereocenters. The van der Waals surface area contributed by atoms with Crippen molar-refractivity contribution in [2.45, 2.75) is 79.8 Å². The van der Waals surface area contributed by atoms with Crippen LogP contribution in [0.15, 0.2) is 34.9 Å². The number of ketones is 4. The highest BCUT2D eigenvalue weighted by Gasteiger charge is 2.76. The summed E-state index contributed by atoms with van der Waals surface area (Å²) in [4.78, 5) is 54.6. The van der Waals surface area contributed by atoms with Crippen LogP contribution in [0.4, 0.5) is 0 Å². The molecule has 7 nitrogen and oxygen atoms in total. The molecule has 204 valence electrons. The van der Waals surface area contributed by atoms with Gasteiger partial charge in [-0.05, 0) is 49.1 Å². The van der Waals surface area contributed by atoms with Crippen LogP contribution in [0, 0.1) is 28.6 Å². The Labute approximate surface area is 223 Å². The predicted octanol–water partition coefficient (Wildman–Crippen LogP) is 4.85. The lowest BCUT2D eigenvalue weighted by atomic mass is 9.36. The van der Waals surface area contributed by atoms with Crippen LogP contribution in [0.25, 0.3) is 5.76 Å². The zero-order chi connectivity index (χ0) is 28.7. The average Bonchev–Trinajstić information content (AvgIpc) is 2.82. The van der Waals surface area contributed by atoms with Gasteiger partial charge in [0.15, 0.2) is 11.4 Å². The van der Waals surface area contributed by atoms with Crippen molar-refractivity contribution >= 4 is 28.9 Å². The minimum atomic E-state index is -2.69. The van der Waals surface area contributed by atoms with Crippen LogP contribution in [0.2, 0.25) is 0 Å². The van der Waals surface area contributed by atoms with E-state index in [0.717, 1.165) is 0 Å². The van der Waals surface area contributed by atoms with Crippen LogP contribution in [0.5, 0.6) is 5.75 Å². The predicted molar refractivity (Wildman–Crippen MR) is 142 cm³/mol. The standard InChI is InChI=1S/C31H38O7/c1-9-18(33)13-21-29(7)16(5)19-11-10-12-20(34)23(19)26(35)25(29)28(37)31(38)27(36)22(17(6)32)15(4)24(14(2)3)30(21,31)8/h10-12,14,16,21,24,34-35,38H,9,13H2,1-8H3/t16-,21-,24+,29-,30-,31+/m0/s1. The summed E-state index contributed by atoms with van der Waals surface area (Å²) in [7, 11) is 0. The molecule has 1 saturated carbocycles. The number of fused-ring (bicyclic) bond motifs is 3. The summed E-state index contributed by atoms with van der Waals surface area (Å²) in [6.45, 7) is 13.9. The van der Waals surface area contributed by atoms with Crippen molar-refractivity contribution in [2.75, 3.05) is 0 Å². The average molecular weight is 523 g/mol. The van der Waals surface area contributed by atoms with Crippen molar-refractivity contribution in [3.63, 3.8) is 0 Å². The van der Waals surface area contributed by atoms with E-state index in [0.29, 0.717) is 11.1 Å². The summed E-state index contributed by atoms with van der Waals surface area (Å²) in [5.74, 6) is -5.33. The molecule has 38 heavy (non-hydrogen) atoms. The number of phenolic OH excluding ortho intramolecular Hbond substituents is 1. The minimum Gasteiger partial charge on any atom is -0.507 e. The normalized spacial score (nSPS) is 34.7. The van der Waals surface area contributed by atoms with Gasteiger partial charge in [0.05, 0.1) is 11.1 Å². The first kappa shape index (κ1) is 28.0. The van der Waals surface area contributed by atoms with Gasteiger partial charge < -0.3 is 15.3 Å². The molecule has 3 N–H and O–H groups in total. The smallest absolute Gasteiger partial charge is 0.206 e. The summed E-state index contributed by atoms with van der Waals surface area (Å²) in [5, 5.41) is 34.7. The van der Waals surface area contributed by atoms with Gasteiger partial charge in [0.2, 0.25) is 11.6 Å². The molecule has 3 aliphatic carbocycles. The number of aliphatic hydroxyl groups excluding tert-OH is 1. The number of Topliss-reactive ketones (excluding diaryl/α,β-unsaturated/α-hetero) is 4. The number of carbonyl (C=O) groups excluding carboxylic acids is 4. The fraction of sp³-hybridized carbons (Fsp3) is 0.548. The first-order valence-corrected chi connectivity index (χ1v) is 13.4. The minimum absolute atomic E-state index is 0.0342. The second-order valence-corrected chi connectivity index (χ2v) is 12.1. The number of phenols is 1. The van der Waals surface area contributed by atoms with Crippen LogP contribution in [-0.2, 0) is 19.2 Å². The Morgan fingerprint density at radius 1 is 1.08 bits per heavy atom. The Kier molecular flexibility index (Phi) is 6.43. The number of hydrogen-bond donors (Lipinski definition) is 3. The number of allylic oxidation sites excluding steroid dienone is 1. The van der Waals surface area contributed by atoms with Gasteiger partial charge >= 0.3 is 0 Å². The van der Waals surface area contributed by atoms with Gasteiger partial charge in [0.1, 0.15) is 17.3 Å². The highest BCUT2D eigenvalue weighted by Crippen LogP contribution is 2.71. The number of rotatable bonds is 5. The Bertz CT molecular complexity index is 1350. The van der Waals surface area contributed by atoms with Gasteiger partial charge in [-0.1, -0.05) is 59.2 Å². The Hall–Kier alpha value is -3.06. The molecular weight excluding hydrogens is 484 g/mol. The monoisotopic (exact) mass is 522 g/mol. The van der Waals surface area contributed by atoms with E-state index in [2.05, 4.69) is 0 Å². The number of hydrogen-bond acceptors (Lipinski definition) is 7.